The van der Waals surface area contributed by atoms with Gasteiger partial charge in [0.1, 0.15) is 0 Å². The van der Waals surface area contributed by atoms with Crippen molar-refractivity contribution in [2.75, 3.05) is 7.05 Å². The van der Waals surface area contributed by atoms with Gasteiger partial charge in [-0.15, -0.1) is 0 Å². The van der Waals surface area contributed by atoms with Crippen molar-refractivity contribution in [3.63, 3.8) is 0 Å². The van der Waals surface area contributed by atoms with Crippen LogP contribution in [0.25, 0.3) is 5.69 Å². The van der Waals surface area contributed by atoms with E-state index in [2.05, 4.69) is 10.4 Å². The van der Waals surface area contributed by atoms with Gasteiger partial charge in [-0.1, -0.05) is 18.2 Å². The van der Waals surface area contributed by atoms with Crippen molar-refractivity contribution in [2.45, 2.75) is 19.0 Å². The number of benzene rings is 1. The number of nitrogens with zero attached hydrogens (tertiary/aromatic N) is 3. The molecule has 0 bridgehead atoms. The maximum absolute atomic E-state index is 11.9. The number of likely N-dealkylation sites (N-methyl/N-ethyl adjacent to an activating group) is 1. The fourth-order valence-electron chi connectivity index (χ4n) is 2.44. The Kier molecular flexibility index (Phi) is 3.53. The molecule has 2 heterocycles. The third-order valence-electron chi connectivity index (χ3n) is 3.66. The number of carbonyl (C=O) groups excluding carboxylic acids is 2. The molecule has 108 valence electrons. The SMILES string of the molecule is CN1C(=O)CC(NCc2ccccc2-n2cccn2)C1=O. The number of para-hydroxylation sites is 1. The Morgan fingerprint density at radius 1 is 1.29 bits per heavy atom. The van der Waals surface area contributed by atoms with Crippen molar-refractivity contribution in [2.24, 2.45) is 0 Å². The second-order valence-electron chi connectivity index (χ2n) is 5.01. The van der Waals surface area contributed by atoms with E-state index >= 15 is 0 Å². The molecule has 1 aromatic carbocycles. The number of likely N-dealkylation sites (tertiary alicyclic amines) is 1. The van der Waals surface area contributed by atoms with Crippen LogP contribution in [0, 0.1) is 0 Å². The van der Waals surface area contributed by atoms with Crippen LogP contribution in [-0.4, -0.2) is 39.6 Å². The van der Waals surface area contributed by atoms with Gasteiger partial charge in [0, 0.05) is 26.0 Å². The van der Waals surface area contributed by atoms with Crippen molar-refractivity contribution in [3.05, 3.63) is 48.3 Å². The van der Waals surface area contributed by atoms with Gasteiger partial charge < -0.3 is 5.32 Å². The standard InChI is InChI=1S/C15H16N4O2/c1-18-14(20)9-12(15(18)21)16-10-11-5-2-3-6-13(11)19-8-4-7-17-19/h2-8,12,16H,9-10H2,1H3. The highest BCUT2D eigenvalue weighted by Crippen LogP contribution is 2.15. The van der Waals surface area contributed by atoms with E-state index in [0.29, 0.717) is 6.54 Å². The van der Waals surface area contributed by atoms with Crippen LogP contribution in [0.15, 0.2) is 42.7 Å². The number of aromatic nitrogens is 2. The van der Waals surface area contributed by atoms with Gasteiger partial charge in [-0.25, -0.2) is 4.68 Å². The zero-order valence-corrected chi connectivity index (χ0v) is 11.7. The number of hydrogen-bond acceptors (Lipinski definition) is 4. The molecular formula is C15H16N4O2. The summed E-state index contributed by atoms with van der Waals surface area (Å²) in [6.45, 7) is 0.508. The largest absolute Gasteiger partial charge is 0.301 e. The summed E-state index contributed by atoms with van der Waals surface area (Å²) in [6, 6.07) is 9.26. The van der Waals surface area contributed by atoms with Gasteiger partial charge in [0.15, 0.2) is 0 Å². The van der Waals surface area contributed by atoms with Gasteiger partial charge in [0.05, 0.1) is 18.2 Å². The lowest BCUT2D eigenvalue weighted by atomic mass is 10.1. The molecule has 2 amide bonds. The highest BCUT2D eigenvalue weighted by atomic mass is 16.2. The summed E-state index contributed by atoms with van der Waals surface area (Å²) >= 11 is 0. The Morgan fingerprint density at radius 2 is 2.10 bits per heavy atom. The fourth-order valence-corrected chi connectivity index (χ4v) is 2.44. The lowest BCUT2D eigenvalue weighted by Gasteiger charge is -2.13. The third-order valence-corrected chi connectivity index (χ3v) is 3.66. The first-order valence-electron chi connectivity index (χ1n) is 6.78. The summed E-state index contributed by atoms with van der Waals surface area (Å²) in [4.78, 5) is 24.6. The maximum Gasteiger partial charge on any atom is 0.246 e. The second-order valence-corrected chi connectivity index (χ2v) is 5.01. The molecule has 1 N–H and O–H groups in total. The summed E-state index contributed by atoms with van der Waals surface area (Å²) in [5.74, 6) is -0.311. The number of nitrogens with one attached hydrogen (secondary N) is 1. The molecule has 1 aliphatic rings. The highest BCUT2D eigenvalue weighted by Gasteiger charge is 2.35. The number of amides is 2. The van der Waals surface area contributed by atoms with Gasteiger partial charge in [-0.3, -0.25) is 14.5 Å². The van der Waals surface area contributed by atoms with E-state index in [1.54, 1.807) is 10.9 Å². The zero-order valence-electron chi connectivity index (χ0n) is 11.7. The topological polar surface area (TPSA) is 67.2 Å². The van der Waals surface area contributed by atoms with Crippen LogP contribution in [0.5, 0.6) is 0 Å². The van der Waals surface area contributed by atoms with E-state index in [0.717, 1.165) is 11.3 Å². The summed E-state index contributed by atoms with van der Waals surface area (Å²) in [5, 5.41) is 7.38. The highest BCUT2D eigenvalue weighted by molar-refractivity contribution is 6.05. The molecule has 3 rings (SSSR count). The van der Waals surface area contributed by atoms with Crippen LogP contribution in [-0.2, 0) is 16.1 Å². The van der Waals surface area contributed by atoms with E-state index in [1.807, 2.05) is 36.5 Å². The van der Waals surface area contributed by atoms with Crippen LogP contribution in [0.4, 0.5) is 0 Å². The minimum absolute atomic E-state index is 0.141. The van der Waals surface area contributed by atoms with Gasteiger partial charge in [0.25, 0.3) is 0 Å². The number of hydrogen-bond donors (Lipinski definition) is 1. The van der Waals surface area contributed by atoms with Gasteiger partial charge >= 0.3 is 0 Å². The summed E-state index contributed by atoms with van der Waals surface area (Å²) in [5.41, 5.74) is 1.98. The average Bonchev–Trinajstić information content (AvgIpc) is 3.11. The minimum Gasteiger partial charge on any atom is -0.301 e. The minimum atomic E-state index is -0.437. The number of imide groups is 1. The Balaban J connectivity index is 1.75. The Labute approximate surface area is 122 Å². The first-order valence-corrected chi connectivity index (χ1v) is 6.78. The van der Waals surface area contributed by atoms with Crippen LogP contribution in [0.2, 0.25) is 0 Å². The van der Waals surface area contributed by atoms with Crippen LogP contribution < -0.4 is 5.32 Å². The van der Waals surface area contributed by atoms with E-state index in [-0.39, 0.29) is 18.2 Å². The Morgan fingerprint density at radius 3 is 2.76 bits per heavy atom. The summed E-state index contributed by atoms with van der Waals surface area (Å²) in [7, 11) is 1.52. The third kappa shape index (κ3) is 2.57. The lowest BCUT2D eigenvalue weighted by Crippen LogP contribution is -2.36. The number of rotatable bonds is 4. The van der Waals surface area contributed by atoms with E-state index in [1.165, 1.54) is 11.9 Å². The molecule has 0 saturated carbocycles. The Bertz CT molecular complexity index is 666. The van der Waals surface area contributed by atoms with Gasteiger partial charge in [-0.2, -0.15) is 5.10 Å². The van der Waals surface area contributed by atoms with E-state index < -0.39 is 6.04 Å². The molecule has 1 saturated heterocycles. The smallest absolute Gasteiger partial charge is 0.246 e. The summed E-state index contributed by atoms with van der Waals surface area (Å²) < 4.78 is 1.78. The van der Waals surface area contributed by atoms with Crippen molar-refractivity contribution in [3.8, 4) is 5.69 Å². The second kappa shape index (κ2) is 5.49. The van der Waals surface area contributed by atoms with Crippen LogP contribution in [0.3, 0.4) is 0 Å². The molecule has 6 nitrogen and oxygen atoms in total. The first-order chi connectivity index (χ1) is 10.2. The molecular weight excluding hydrogens is 268 g/mol. The molecule has 1 unspecified atom stereocenters. The van der Waals surface area contributed by atoms with Crippen molar-refractivity contribution in [1.29, 1.82) is 0 Å². The summed E-state index contributed by atoms with van der Waals surface area (Å²) in [6.07, 6.45) is 3.81. The predicted octanol–water partition coefficient (Wildman–Crippen LogP) is 0.719. The van der Waals surface area contributed by atoms with Crippen molar-refractivity contribution in [1.82, 2.24) is 20.0 Å². The molecule has 0 radical (unpaired) electrons. The van der Waals surface area contributed by atoms with Gasteiger partial charge in [0.2, 0.25) is 11.8 Å². The maximum atomic E-state index is 11.9. The van der Waals surface area contributed by atoms with Crippen molar-refractivity contribution >= 4 is 11.8 Å². The van der Waals surface area contributed by atoms with E-state index in [4.69, 9.17) is 0 Å². The first kappa shape index (κ1) is 13.5. The fraction of sp³-hybridized carbons (Fsp3) is 0.267. The predicted molar refractivity (Wildman–Crippen MR) is 76.6 cm³/mol. The normalized spacial score (nSPS) is 18.5. The number of carbonyl (C=O) groups is 2. The monoisotopic (exact) mass is 284 g/mol. The Hall–Kier alpha value is -2.47. The molecule has 1 fully saturated rings. The molecule has 0 aliphatic carbocycles. The van der Waals surface area contributed by atoms with Crippen LogP contribution >= 0.6 is 0 Å². The molecule has 2 aromatic rings. The van der Waals surface area contributed by atoms with Crippen LogP contribution in [0.1, 0.15) is 12.0 Å². The lowest BCUT2D eigenvalue weighted by molar-refractivity contribution is -0.137. The molecule has 1 aliphatic heterocycles. The zero-order chi connectivity index (χ0) is 14.8. The molecule has 6 heteroatoms. The van der Waals surface area contributed by atoms with Crippen molar-refractivity contribution < 1.29 is 9.59 Å². The van der Waals surface area contributed by atoms with E-state index in [9.17, 15) is 9.59 Å². The quantitative estimate of drug-likeness (QED) is 0.840. The molecule has 21 heavy (non-hydrogen) atoms. The molecule has 0 spiro atoms. The molecule has 1 atom stereocenters. The molecule has 1 aromatic heterocycles. The van der Waals surface area contributed by atoms with Gasteiger partial charge in [-0.05, 0) is 17.7 Å². The average molecular weight is 284 g/mol.